The van der Waals surface area contributed by atoms with Crippen LogP contribution in [-0.4, -0.2) is 19.3 Å². The van der Waals surface area contributed by atoms with Crippen LogP contribution in [0.25, 0.3) is 0 Å². The van der Waals surface area contributed by atoms with Gasteiger partial charge in [-0.25, -0.2) is 0 Å². The second-order valence-corrected chi connectivity index (χ2v) is 5.27. The lowest BCUT2D eigenvalue weighted by atomic mass is 10.1. The molecule has 2 aliphatic rings. The van der Waals surface area contributed by atoms with Gasteiger partial charge in [0, 0.05) is 12.6 Å². The van der Waals surface area contributed by atoms with Crippen LogP contribution in [-0.2, 0) is 11.2 Å². The van der Waals surface area contributed by atoms with E-state index in [-0.39, 0.29) is 12.1 Å². The molecule has 98 valence electrons. The van der Waals surface area contributed by atoms with Gasteiger partial charge >= 0.3 is 0 Å². The van der Waals surface area contributed by atoms with Crippen molar-refractivity contribution in [2.24, 2.45) is 5.73 Å². The lowest BCUT2D eigenvalue weighted by Gasteiger charge is -2.23. The molecule has 0 radical (unpaired) electrons. The normalized spacial score (nSPS) is 26.9. The molecule has 1 fully saturated rings. The van der Waals surface area contributed by atoms with Crippen LogP contribution in [0.3, 0.4) is 0 Å². The molecule has 1 aromatic rings. The molecule has 2 atom stereocenters. The van der Waals surface area contributed by atoms with Gasteiger partial charge in [-0.05, 0) is 49.3 Å². The van der Waals surface area contributed by atoms with Crippen molar-refractivity contribution < 1.29 is 9.47 Å². The molecule has 3 nitrogen and oxygen atoms in total. The molecule has 2 N–H and O–H groups in total. The number of nitrogens with two attached hydrogens (primary N) is 1. The summed E-state index contributed by atoms with van der Waals surface area (Å²) in [7, 11) is 0. The van der Waals surface area contributed by atoms with Gasteiger partial charge in [0.15, 0.2) is 0 Å². The van der Waals surface area contributed by atoms with Crippen molar-refractivity contribution in [1.82, 2.24) is 0 Å². The van der Waals surface area contributed by atoms with Gasteiger partial charge in [-0.1, -0.05) is 12.1 Å². The maximum Gasteiger partial charge on any atom is 0.122 e. The fourth-order valence-corrected chi connectivity index (χ4v) is 2.91. The number of hydrogen-bond donors (Lipinski definition) is 1. The number of rotatable bonds is 3. The summed E-state index contributed by atoms with van der Waals surface area (Å²) in [6.07, 6.45) is 5.91. The first kappa shape index (κ1) is 12.0. The summed E-state index contributed by atoms with van der Waals surface area (Å²) < 4.78 is 11.6. The summed E-state index contributed by atoms with van der Waals surface area (Å²) in [5.41, 5.74) is 8.64. The van der Waals surface area contributed by atoms with Crippen molar-refractivity contribution >= 4 is 0 Å². The third-order valence-electron chi connectivity index (χ3n) is 3.97. The van der Waals surface area contributed by atoms with Gasteiger partial charge in [-0.15, -0.1) is 0 Å². The van der Waals surface area contributed by atoms with Crippen molar-refractivity contribution in [2.45, 2.75) is 44.2 Å². The largest absolute Gasteiger partial charge is 0.491 e. The molecule has 0 saturated carbocycles. The van der Waals surface area contributed by atoms with Crippen LogP contribution in [0, 0.1) is 0 Å². The topological polar surface area (TPSA) is 44.5 Å². The fraction of sp³-hybridized carbons (Fsp3) is 0.600. The van der Waals surface area contributed by atoms with Crippen LogP contribution < -0.4 is 10.5 Å². The highest BCUT2D eigenvalue weighted by Crippen LogP contribution is 2.35. The zero-order valence-corrected chi connectivity index (χ0v) is 10.7. The zero-order chi connectivity index (χ0) is 12.4. The monoisotopic (exact) mass is 247 g/mol. The summed E-state index contributed by atoms with van der Waals surface area (Å²) in [6, 6.07) is 6.41. The molecule has 2 unspecified atom stereocenters. The Hall–Kier alpha value is -1.06. The molecule has 3 rings (SSSR count). The number of ether oxygens (including phenoxy) is 2. The molecule has 1 heterocycles. The molecule has 3 heteroatoms. The van der Waals surface area contributed by atoms with Crippen molar-refractivity contribution in [3.05, 3.63) is 29.3 Å². The maximum absolute atomic E-state index is 6.07. The summed E-state index contributed by atoms with van der Waals surface area (Å²) in [6.45, 7) is 1.55. The van der Waals surface area contributed by atoms with Crippen LogP contribution in [0.4, 0.5) is 0 Å². The molecular weight excluding hydrogens is 226 g/mol. The average molecular weight is 247 g/mol. The summed E-state index contributed by atoms with van der Waals surface area (Å²) in [4.78, 5) is 0. The minimum Gasteiger partial charge on any atom is -0.491 e. The molecule has 18 heavy (non-hydrogen) atoms. The van der Waals surface area contributed by atoms with Gasteiger partial charge in [-0.3, -0.25) is 0 Å². The minimum atomic E-state index is 0.189. The number of fused-ring (bicyclic) bond motifs is 1. The SMILES string of the molecule is NC1CCc2c(OCC3CCCCO3)cccc21. The van der Waals surface area contributed by atoms with Crippen LogP contribution in [0.1, 0.15) is 42.9 Å². The Morgan fingerprint density at radius 2 is 2.22 bits per heavy atom. The average Bonchev–Trinajstić information content (AvgIpc) is 2.80. The molecular formula is C15H21NO2. The predicted molar refractivity (Wildman–Crippen MR) is 70.8 cm³/mol. The second-order valence-electron chi connectivity index (χ2n) is 5.27. The minimum absolute atomic E-state index is 0.189. The first-order valence-electron chi connectivity index (χ1n) is 6.96. The van der Waals surface area contributed by atoms with Crippen molar-refractivity contribution in [1.29, 1.82) is 0 Å². The maximum atomic E-state index is 6.07. The predicted octanol–water partition coefficient (Wildman–Crippen LogP) is 2.58. The van der Waals surface area contributed by atoms with E-state index >= 15 is 0 Å². The third-order valence-corrected chi connectivity index (χ3v) is 3.97. The molecule has 0 amide bonds. The van der Waals surface area contributed by atoms with E-state index in [2.05, 4.69) is 12.1 Å². The Bertz CT molecular complexity index is 413. The zero-order valence-electron chi connectivity index (χ0n) is 10.7. The van der Waals surface area contributed by atoms with Crippen molar-refractivity contribution in [3.63, 3.8) is 0 Å². The van der Waals surface area contributed by atoms with Crippen LogP contribution >= 0.6 is 0 Å². The first-order valence-corrected chi connectivity index (χ1v) is 6.96. The van der Waals surface area contributed by atoms with Gasteiger partial charge in [-0.2, -0.15) is 0 Å². The Balaban J connectivity index is 1.66. The lowest BCUT2D eigenvalue weighted by molar-refractivity contribution is -0.0112. The van der Waals surface area contributed by atoms with Gasteiger partial charge in [0.25, 0.3) is 0 Å². The molecule has 1 aromatic carbocycles. The molecule has 1 aliphatic carbocycles. The van der Waals surface area contributed by atoms with E-state index in [0.29, 0.717) is 6.61 Å². The molecule has 0 aromatic heterocycles. The Morgan fingerprint density at radius 3 is 3.06 bits per heavy atom. The highest BCUT2D eigenvalue weighted by molar-refractivity contribution is 5.44. The van der Waals surface area contributed by atoms with E-state index in [1.54, 1.807) is 0 Å². The third kappa shape index (κ3) is 2.38. The number of hydrogen-bond acceptors (Lipinski definition) is 3. The highest BCUT2D eigenvalue weighted by Gasteiger charge is 2.23. The highest BCUT2D eigenvalue weighted by atomic mass is 16.5. The number of benzene rings is 1. The fourth-order valence-electron chi connectivity index (χ4n) is 2.91. The second kappa shape index (κ2) is 5.29. The van der Waals surface area contributed by atoms with Gasteiger partial charge in [0.05, 0.1) is 6.10 Å². The van der Waals surface area contributed by atoms with E-state index in [4.69, 9.17) is 15.2 Å². The Labute approximate surface area is 108 Å². The van der Waals surface area contributed by atoms with E-state index in [1.807, 2.05) is 6.07 Å². The van der Waals surface area contributed by atoms with Crippen molar-refractivity contribution in [2.75, 3.05) is 13.2 Å². The summed E-state index contributed by atoms with van der Waals surface area (Å²) in [5.74, 6) is 1.01. The molecule has 0 bridgehead atoms. The Morgan fingerprint density at radius 1 is 1.28 bits per heavy atom. The molecule has 1 saturated heterocycles. The summed E-state index contributed by atoms with van der Waals surface area (Å²) >= 11 is 0. The van der Waals surface area contributed by atoms with Crippen LogP contribution in [0.15, 0.2) is 18.2 Å². The van der Waals surface area contributed by atoms with E-state index in [0.717, 1.165) is 31.6 Å². The van der Waals surface area contributed by atoms with Crippen LogP contribution in [0.2, 0.25) is 0 Å². The van der Waals surface area contributed by atoms with Gasteiger partial charge in [0.2, 0.25) is 0 Å². The quantitative estimate of drug-likeness (QED) is 0.893. The van der Waals surface area contributed by atoms with Gasteiger partial charge < -0.3 is 15.2 Å². The smallest absolute Gasteiger partial charge is 0.122 e. The van der Waals surface area contributed by atoms with Crippen LogP contribution in [0.5, 0.6) is 5.75 Å². The lowest BCUT2D eigenvalue weighted by Crippen LogP contribution is -2.26. The molecule has 1 aliphatic heterocycles. The Kier molecular flexibility index (Phi) is 3.52. The van der Waals surface area contributed by atoms with E-state index in [9.17, 15) is 0 Å². The molecule has 0 spiro atoms. The van der Waals surface area contributed by atoms with Crippen molar-refractivity contribution in [3.8, 4) is 5.75 Å². The van der Waals surface area contributed by atoms with E-state index < -0.39 is 0 Å². The van der Waals surface area contributed by atoms with Gasteiger partial charge in [0.1, 0.15) is 12.4 Å². The van der Waals surface area contributed by atoms with E-state index in [1.165, 1.54) is 24.0 Å². The standard InChI is InChI=1S/C15H21NO2/c16-14-8-7-13-12(14)5-3-6-15(13)18-10-11-4-1-2-9-17-11/h3,5-6,11,14H,1-2,4,7-10,16H2. The first-order chi connectivity index (χ1) is 8.84. The summed E-state index contributed by atoms with van der Waals surface area (Å²) in [5, 5.41) is 0.